The number of carboxylic acids is 1. The summed E-state index contributed by atoms with van der Waals surface area (Å²) in [5.74, 6) is -1.31. The van der Waals surface area contributed by atoms with Crippen molar-refractivity contribution in [1.82, 2.24) is 9.78 Å². The predicted octanol–water partition coefficient (Wildman–Crippen LogP) is 2.61. The van der Waals surface area contributed by atoms with Crippen LogP contribution in [0.5, 0.6) is 0 Å². The van der Waals surface area contributed by atoms with E-state index in [0.717, 1.165) is 5.56 Å². The second-order valence-electron chi connectivity index (χ2n) is 6.05. The lowest BCUT2D eigenvalue weighted by atomic mass is 9.97. The molecule has 0 radical (unpaired) electrons. The number of carbonyl (C=O) groups is 1. The molecule has 1 rings (SSSR count). The summed E-state index contributed by atoms with van der Waals surface area (Å²) in [7, 11) is 0. The molecule has 6 nitrogen and oxygen atoms in total. The molecule has 1 heterocycles. The van der Waals surface area contributed by atoms with Crippen LogP contribution in [0.1, 0.15) is 44.0 Å². The number of nitrogens with zero attached hydrogens (tertiary/aromatic N) is 2. The average molecular weight is 322 g/mol. The molecule has 1 atom stereocenters. The molecule has 0 spiro atoms. The van der Waals surface area contributed by atoms with Crippen LogP contribution in [0.4, 0.5) is 0 Å². The predicted molar refractivity (Wildman–Crippen MR) is 89.2 cm³/mol. The third-order valence-electron chi connectivity index (χ3n) is 3.72. The number of ether oxygens (including phenoxy) is 1. The number of carboxylic acid groups (broad SMARTS) is 1. The SMILES string of the molecule is CCO/C=C/c1nn(C[C@H](CC(C)C)C(=O)O)c(=O)c(C)c1C. The van der Waals surface area contributed by atoms with Gasteiger partial charge in [-0.2, -0.15) is 5.10 Å². The summed E-state index contributed by atoms with van der Waals surface area (Å²) in [5, 5.41) is 13.7. The molecule has 0 aliphatic carbocycles. The number of aliphatic carboxylic acids is 1. The Hall–Kier alpha value is -2.11. The first kappa shape index (κ1) is 18.9. The third-order valence-corrected chi connectivity index (χ3v) is 3.72. The smallest absolute Gasteiger partial charge is 0.308 e. The molecular formula is C17H26N2O4. The van der Waals surface area contributed by atoms with E-state index in [1.165, 1.54) is 10.9 Å². The van der Waals surface area contributed by atoms with Crippen molar-refractivity contribution in [3.63, 3.8) is 0 Å². The first-order chi connectivity index (χ1) is 10.8. The first-order valence-corrected chi connectivity index (χ1v) is 7.87. The van der Waals surface area contributed by atoms with Gasteiger partial charge >= 0.3 is 5.97 Å². The molecule has 1 aromatic heterocycles. The van der Waals surface area contributed by atoms with Crippen molar-refractivity contribution in [3.05, 3.63) is 33.4 Å². The van der Waals surface area contributed by atoms with Crippen LogP contribution < -0.4 is 5.56 Å². The minimum Gasteiger partial charge on any atom is -0.501 e. The lowest BCUT2D eigenvalue weighted by molar-refractivity contribution is -0.142. The van der Waals surface area contributed by atoms with Crippen LogP contribution in [0.3, 0.4) is 0 Å². The second kappa shape index (κ2) is 8.50. The molecule has 1 N–H and O–H groups in total. The number of hydrogen-bond donors (Lipinski definition) is 1. The topological polar surface area (TPSA) is 81.4 Å². The summed E-state index contributed by atoms with van der Waals surface area (Å²) < 4.78 is 6.43. The van der Waals surface area contributed by atoms with Crippen LogP contribution in [0.2, 0.25) is 0 Å². The summed E-state index contributed by atoms with van der Waals surface area (Å²) in [6, 6.07) is 0. The highest BCUT2D eigenvalue weighted by Crippen LogP contribution is 2.15. The molecule has 0 unspecified atom stereocenters. The normalized spacial score (nSPS) is 12.8. The molecule has 0 aliphatic rings. The van der Waals surface area contributed by atoms with Gasteiger partial charge < -0.3 is 9.84 Å². The highest BCUT2D eigenvalue weighted by Gasteiger charge is 2.21. The minimum absolute atomic E-state index is 0.0724. The fourth-order valence-corrected chi connectivity index (χ4v) is 2.32. The summed E-state index contributed by atoms with van der Waals surface area (Å²) in [6.45, 7) is 9.97. The number of hydrogen-bond acceptors (Lipinski definition) is 4. The highest BCUT2D eigenvalue weighted by molar-refractivity contribution is 5.69. The summed E-state index contributed by atoms with van der Waals surface area (Å²) >= 11 is 0. The minimum atomic E-state index is -0.906. The molecule has 0 amide bonds. The van der Waals surface area contributed by atoms with Gasteiger partial charge in [0, 0.05) is 11.6 Å². The van der Waals surface area contributed by atoms with E-state index >= 15 is 0 Å². The number of aromatic nitrogens is 2. The molecular weight excluding hydrogens is 296 g/mol. The van der Waals surface area contributed by atoms with E-state index in [9.17, 15) is 14.7 Å². The van der Waals surface area contributed by atoms with Gasteiger partial charge in [0.1, 0.15) is 0 Å². The fourth-order valence-electron chi connectivity index (χ4n) is 2.32. The van der Waals surface area contributed by atoms with Crippen molar-refractivity contribution >= 4 is 12.0 Å². The first-order valence-electron chi connectivity index (χ1n) is 7.87. The van der Waals surface area contributed by atoms with E-state index in [0.29, 0.717) is 24.3 Å². The molecule has 1 aromatic rings. The standard InChI is InChI=1S/C17H26N2O4/c1-6-23-8-7-15-12(4)13(5)16(20)19(18-15)10-14(17(21)22)9-11(2)3/h7-8,11,14H,6,9-10H2,1-5H3,(H,21,22)/b8-7+/t14-/m0/s1. The van der Waals surface area contributed by atoms with E-state index in [1.807, 2.05) is 27.7 Å². The monoisotopic (exact) mass is 322 g/mol. The second-order valence-corrected chi connectivity index (χ2v) is 6.05. The van der Waals surface area contributed by atoms with Gasteiger partial charge in [-0.25, -0.2) is 4.68 Å². The van der Waals surface area contributed by atoms with Crippen LogP contribution in [0.15, 0.2) is 11.1 Å². The van der Waals surface area contributed by atoms with E-state index < -0.39 is 11.9 Å². The van der Waals surface area contributed by atoms with Crippen LogP contribution in [0, 0.1) is 25.7 Å². The average Bonchev–Trinajstić information content (AvgIpc) is 2.48. The van der Waals surface area contributed by atoms with Crippen molar-refractivity contribution in [2.45, 2.75) is 47.6 Å². The Kier molecular flexibility index (Phi) is 7.00. The van der Waals surface area contributed by atoms with Gasteiger partial charge in [-0.05, 0) is 38.7 Å². The fraction of sp³-hybridized carbons (Fsp3) is 0.588. The largest absolute Gasteiger partial charge is 0.501 e. The maximum Gasteiger partial charge on any atom is 0.308 e. The van der Waals surface area contributed by atoms with Crippen molar-refractivity contribution < 1.29 is 14.6 Å². The quantitative estimate of drug-likeness (QED) is 0.744. The summed E-state index contributed by atoms with van der Waals surface area (Å²) in [5.41, 5.74) is 1.72. The highest BCUT2D eigenvalue weighted by atomic mass is 16.5. The Morgan fingerprint density at radius 3 is 2.52 bits per heavy atom. The summed E-state index contributed by atoms with van der Waals surface area (Å²) in [4.78, 5) is 23.8. The molecule has 0 aliphatic heterocycles. The Balaban J connectivity index is 3.19. The number of rotatable bonds is 8. The molecule has 23 heavy (non-hydrogen) atoms. The van der Waals surface area contributed by atoms with Crippen molar-refractivity contribution in [2.75, 3.05) is 6.61 Å². The lowest BCUT2D eigenvalue weighted by Crippen LogP contribution is -2.32. The van der Waals surface area contributed by atoms with Gasteiger partial charge in [0.25, 0.3) is 5.56 Å². The van der Waals surface area contributed by atoms with Crippen LogP contribution in [-0.2, 0) is 16.1 Å². The molecule has 0 saturated carbocycles. The molecule has 0 bridgehead atoms. The van der Waals surface area contributed by atoms with Crippen molar-refractivity contribution in [3.8, 4) is 0 Å². The zero-order valence-electron chi connectivity index (χ0n) is 14.5. The van der Waals surface area contributed by atoms with Gasteiger partial charge in [0.2, 0.25) is 0 Å². The third kappa shape index (κ3) is 5.23. The maximum atomic E-state index is 12.4. The molecule has 128 valence electrons. The van der Waals surface area contributed by atoms with Crippen LogP contribution in [-0.4, -0.2) is 27.5 Å². The van der Waals surface area contributed by atoms with Gasteiger partial charge in [0.15, 0.2) is 0 Å². The van der Waals surface area contributed by atoms with Gasteiger partial charge in [-0.15, -0.1) is 0 Å². The lowest BCUT2D eigenvalue weighted by Gasteiger charge is -2.17. The zero-order valence-corrected chi connectivity index (χ0v) is 14.5. The van der Waals surface area contributed by atoms with E-state index in [4.69, 9.17) is 4.74 Å². The molecule has 0 fully saturated rings. The van der Waals surface area contributed by atoms with Crippen LogP contribution >= 0.6 is 0 Å². The van der Waals surface area contributed by atoms with Crippen molar-refractivity contribution in [2.24, 2.45) is 11.8 Å². The van der Waals surface area contributed by atoms with Gasteiger partial charge in [-0.1, -0.05) is 13.8 Å². The Bertz CT molecular complexity index is 632. The molecule has 6 heteroatoms. The van der Waals surface area contributed by atoms with E-state index in [1.54, 1.807) is 13.0 Å². The van der Waals surface area contributed by atoms with Gasteiger partial charge in [0.05, 0.1) is 31.0 Å². The van der Waals surface area contributed by atoms with E-state index in [2.05, 4.69) is 5.10 Å². The molecule has 0 aromatic carbocycles. The van der Waals surface area contributed by atoms with Crippen molar-refractivity contribution in [1.29, 1.82) is 0 Å². The van der Waals surface area contributed by atoms with Crippen LogP contribution in [0.25, 0.3) is 6.08 Å². The Morgan fingerprint density at radius 1 is 1.35 bits per heavy atom. The Morgan fingerprint density at radius 2 is 2.00 bits per heavy atom. The van der Waals surface area contributed by atoms with Gasteiger partial charge in [-0.3, -0.25) is 9.59 Å². The van der Waals surface area contributed by atoms with E-state index in [-0.39, 0.29) is 18.0 Å². The summed E-state index contributed by atoms with van der Waals surface area (Å²) in [6.07, 6.45) is 3.73. The Labute approximate surface area is 136 Å². The molecule has 0 saturated heterocycles. The maximum absolute atomic E-state index is 12.4. The zero-order chi connectivity index (χ0) is 17.6.